The first-order chi connectivity index (χ1) is 8.87. The van der Waals surface area contributed by atoms with Gasteiger partial charge in [-0.15, -0.1) is 0 Å². The Kier molecular flexibility index (Phi) is 5.33. The summed E-state index contributed by atoms with van der Waals surface area (Å²) in [7, 11) is -2.76. The second-order valence-electron chi connectivity index (χ2n) is 3.56. The maximum Gasteiger partial charge on any atom is 0.318 e. The smallest absolute Gasteiger partial charge is 0.318 e. The van der Waals surface area contributed by atoms with Gasteiger partial charge in [-0.2, -0.15) is 4.31 Å². The number of rotatable bonds is 7. The number of pyridine rings is 1. The molecule has 0 bridgehead atoms. The van der Waals surface area contributed by atoms with Crippen LogP contribution in [0, 0.1) is 5.82 Å². The number of nitrogens with zero attached hydrogens (tertiary/aromatic N) is 2. The van der Waals surface area contributed by atoms with Gasteiger partial charge < -0.3 is 9.84 Å². The van der Waals surface area contributed by atoms with Crippen LogP contribution in [0.3, 0.4) is 0 Å². The predicted molar refractivity (Wildman–Crippen MR) is 62.5 cm³/mol. The second kappa shape index (κ2) is 6.55. The zero-order valence-electron chi connectivity index (χ0n) is 10.1. The number of methoxy groups -OCH3 is 1. The number of aromatic nitrogens is 1. The van der Waals surface area contributed by atoms with Crippen molar-refractivity contribution in [3.8, 4) is 0 Å². The number of carbonyl (C=O) groups is 1. The van der Waals surface area contributed by atoms with Crippen molar-refractivity contribution in [1.82, 2.24) is 9.29 Å². The average molecular weight is 292 g/mol. The van der Waals surface area contributed by atoms with Crippen LogP contribution in [0.1, 0.15) is 0 Å². The zero-order chi connectivity index (χ0) is 14.5. The minimum atomic E-state index is -4.12. The van der Waals surface area contributed by atoms with Crippen molar-refractivity contribution < 1.29 is 27.4 Å². The number of carboxylic acid groups (broad SMARTS) is 1. The Labute approximate surface area is 109 Å². The monoisotopic (exact) mass is 292 g/mol. The molecule has 0 unspecified atom stereocenters. The van der Waals surface area contributed by atoms with E-state index < -0.39 is 33.3 Å². The van der Waals surface area contributed by atoms with Gasteiger partial charge >= 0.3 is 5.97 Å². The molecule has 9 heteroatoms. The Morgan fingerprint density at radius 2 is 2.21 bits per heavy atom. The van der Waals surface area contributed by atoms with E-state index in [1.165, 1.54) is 7.11 Å². The van der Waals surface area contributed by atoms with Gasteiger partial charge in [-0.05, 0) is 6.07 Å². The van der Waals surface area contributed by atoms with E-state index in [-0.39, 0.29) is 13.2 Å². The van der Waals surface area contributed by atoms with Crippen molar-refractivity contribution in [1.29, 1.82) is 0 Å². The lowest BCUT2D eigenvalue weighted by Gasteiger charge is -2.19. The molecule has 1 N–H and O–H groups in total. The van der Waals surface area contributed by atoms with Crippen LogP contribution in [-0.2, 0) is 19.6 Å². The molecular formula is C10H13FN2O5S. The minimum absolute atomic E-state index is 0.0231. The molecule has 0 spiro atoms. The Bertz CT molecular complexity index is 549. The van der Waals surface area contributed by atoms with Gasteiger partial charge in [0.1, 0.15) is 17.3 Å². The van der Waals surface area contributed by atoms with Gasteiger partial charge in [0.15, 0.2) is 0 Å². The lowest BCUT2D eigenvalue weighted by atomic mass is 10.5. The largest absolute Gasteiger partial charge is 0.480 e. The summed E-state index contributed by atoms with van der Waals surface area (Å²) in [5, 5.41) is 8.71. The summed E-state index contributed by atoms with van der Waals surface area (Å²) >= 11 is 0. The molecule has 0 aromatic carbocycles. The first-order valence-corrected chi connectivity index (χ1v) is 6.63. The van der Waals surface area contributed by atoms with E-state index in [0.717, 1.165) is 18.5 Å². The van der Waals surface area contributed by atoms with Crippen molar-refractivity contribution in [2.45, 2.75) is 4.90 Å². The lowest BCUT2D eigenvalue weighted by molar-refractivity contribution is -0.137. The molecule has 0 saturated carbocycles. The van der Waals surface area contributed by atoms with Gasteiger partial charge in [0.05, 0.1) is 12.8 Å². The topological polar surface area (TPSA) is 96.8 Å². The van der Waals surface area contributed by atoms with Crippen molar-refractivity contribution in [2.75, 3.05) is 26.8 Å². The maximum atomic E-state index is 13.0. The summed E-state index contributed by atoms with van der Waals surface area (Å²) < 4.78 is 42.7. The van der Waals surface area contributed by atoms with Crippen LogP contribution in [-0.4, -0.2) is 55.6 Å². The molecule has 1 heterocycles. The highest BCUT2D eigenvalue weighted by atomic mass is 32.2. The van der Waals surface area contributed by atoms with Crippen LogP contribution >= 0.6 is 0 Å². The van der Waals surface area contributed by atoms with Crippen LogP contribution in [0.15, 0.2) is 23.4 Å². The van der Waals surface area contributed by atoms with E-state index in [1.54, 1.807) is 0 Å². The molecule has 0 amide bonds. The fourth-order valence-electron chi connectivity index (χ4n) is 1.31. The summed E-state index contributed by atoms with van der Waals surface area (Å²) in [5.41, 5.74) is 0. The van der Waals surface area contributed by atoms with E-state index >= 15 is 0 Å². The Morgan fingerprint density at radius 1 is 1.53 bits per heavy atom. The van der Waals surface area contributed by atoms with Gasteiger partial charge in [0.25, 0.3) is 0 Å². The SMILES string of the molecule is COCCN(CC(=O)O)S(=O)(=O)c1cncc(F)c1. The van der Waals surface area contributed by atoms with Gasteiger partial charge in [-0.1, -0.05) is 0 Å². The van der Waals surface area contributed by atoms with Crippen LogP contribution < -0.4 is 0 Å². The highest BCUT2D eigenvalue weighted by Crippen LogP contribution is 2.15. The number of carboxylic acids is 1. The maximum absolute atomic E-state index is 13.0. The molecular weight excluding hydrogens is 279 g/mol. The third-order valence-electron chi connectivity index (χ3n) is 2.17. The van der Waals surface area contributed by atoms with Crippen molar-refractivity contribution in [2.24, 2.45) is 0 Å². The van der Waals surface area contributed by atoms with Gasteiger partial charge in [0, 0.05) is 19.9 Å². The minimum Gasteiger partial charge on any atom is -0.480 e. The van der Waals surface area contributed by atoms with Crippen LogP contribution in [0.25, 0.3) is 0 Å². The molecule has 0 aliphatic heterocycles. The molecule has 19 heavy (non-hydrogen) atoms. The molecule has 0 fully saturated rings. The average Bonchev–Trinajstić information content (AvgIpc) is 2.34. The molecule has 7 nitrogen and oxygen atoms in total. The van der Waals surface area contributed by atoms with E-state index in [4.69, 9.17) is 9.84 Å². The number of hydrogen-bond donors (Lipinski definition) is 1. The van der Waals surface area contributed by atoms with Gasteiger partial charge in [0.2, 0.25) is 10.0 Å². The van der Waals surface area contributed by atoms with E-state index in [0.29, 0.717) is 4.31 Å². The Balaban J connectivity index is 3.07. The van der Waals surface area contributed by atoms with Crippen LogP contribution in [0.4, 0.5) is 4.39 Å². The fraction of sp³-hybridized carbons (Fsp3) is 0.400. The van der Waals surface area contributed by atoms with Crippen molar-refractivity contribution in [3.05, 3.63) is 24.3 Å². The molecule has 1 rings (SSSR count). The van der Waals surface area contributed by atoms with E-state index in [1.807, 2.05) is 0 Å². The van der Waals surface area contributed by atoms with E-state index in [2.05, 4.69) is 4.98 Å². The molecule has 1 aromatic heterocycles. The molecule has 0 saturated heterocycles. The standard InChI is InChI=1S/C10H13FN2O5S/c1-18-3-2-13(7-10(14)15)19(16,17)9-4-8(11)5-12-6-9/h4-6H,2-3,7H2,1H3,(H,14,15). The number of halogens is 1. The van der Waals surface area contributed by atoms with E-state index in [9.17, 15) is 17.6 Å². The third-order valence-corrected chi connectivity index (χ3v) is 3.98. The normalized spacial score (nSPS) is 11.7. The summed E-state index contributed by atoms with van der Waals surface area (Å²) in [4.78, 5) is 13.7. The summed E-state index contributed by atoms with van der Waals surface area (Å²) in [5.74, 6) is -2.13. The molecule has 0 aliphatic carbocycles. The molecule has 1 aromatic rings. The highest BCUT2D eigenvalue weighted by Gasteiger charge is 2.26. The summed E-state index contributed by atoms with van der Waals surface area (Å²) in [6, 6.07) is 0.782. The molecule has 0 aliphatic rings. The third kappa shape index (κ3) is 4.23. The lowest BCUT2D eigenvalue weighted by Crippen LogP contribution is -2.38. The second-order valence-corrected chi connectivity index (χ2v) is 5.50. The summed E-state index contributed by atoms with van der Waals surface area (Å²) in [6.07, 6.45) is 1.82. The number of ether oxygens (including phenoxy) is 1. The summed E-state index contributed by atoms with van der Waals surface area (Å²) in [6.45, 7) is -0.862. The highest BCUT2D eigenvalue weighted by molar-refractivity contribution is 7.89. The first kappa shape index (κ1) is 15.5. The molecule has 106 valence electrons. The van der Waals surface area contributed by atoms with Crippen LogP contribution in [0.5, 0.6) is 0 Å². The molecule has 0 atom stereocenters. The Hall–Kier alpha value is -1.58. The zero-order valence-corrected chi connectivity index (χ0v) is 10.9. The quantitative estimate of drug-likeness (QED) is 0.756. The Morgan fingerprint density at radius 3 is 2.74 bits per heavy atom. The number of hydrogen-bond acceptors (Lipinski definition) is 5. The predicted octanol–water partition coefficient (Wildman–Crippen LogP) is -0.0576. The number of aliphatic carboxylic acids is 1. The van der Waals surface area contributed by atoms with Gasteiger partial charge in [-0.25, -0.2) is 12.8 Å². The van der Waals surface area contributed by atoms with Crippen molar-refractivity contribution >= 4 is 16.0 Å². The van der Waals surface area contributed by atoms with Gasteiger partial charge in [-0.3, -0.25) is 9.78 Å². The van der Waals surface area contributed by atoms with Crippen molar-refractivity contribution in [3.63, 3.8) is 0 Å². The molecule has 0 radical (unpaired) electrons. The number of sulfonamides is 1. The van der Waals surface area contributed by atoms with Crippen LogP contribution in [0.2, 0.25) is 0 Å². The fourth-order valence-corrected chi connectivity index (χ4v) is 2.66. The first-order valence-electron chi connectivity index (χ1n) is 5.19.